The van der Waals surface area contributed by atoms with Crippen molar-refractivity contribution in [1.29, 1.82) is 0 Å². The maximum Gasteiger partial charge on any atom is 0.139 e. The van der Waals surface area contributed by atoms with Crippen molar-refractivity contribution in [3.05, 3.63) is 40.1 Å². The maximum atomic E-state index is 13.2. The molecular weight excluding hydrogens is 257 g/mol. The molecule has 0 radical (unpaired) electrons. The summed E-state index contributed by atoms with van der Waals surface area (Å²) in [6, 6.07) is 3.29. The minimum Gasteiger partial charge on any atom is -0.384 e. The molecule has 0 aliphatic rings. The molecule has 1 rings (SSSR count). The molecule has 15 heavy (non-hydrogen) atoms. The average Bonchev–Trinajstić information content (AvgIpc) is 2.13. The predicted molar refractivity (Wildman–Crippen MR) is 66.8 cm³/mol. The van der Waals surface area contributed by atoms with Gasteiger partial charge in [0.25, 0.3) is 0 Å². The van der Waals surface area contributed by atoms with Gasteiger partial charge in [0.15, 0.2) is 0 Å². The van der Waals surface area contributed by atoms with Crippen LogP contribution in [0.1, 0.15) is 18.9 Å². The van der Waals surface area contributed by atoms with Crippen LogP contribution < -0.4 is 5.32 Å². The van der Waals surface area contributed by atoms with Crippen LogP contribution in [0.4, 0.5) is 10.1 Å². The van der Waals surface area contributed by atoms with E-state index in [1.807, 2.05) is 13.8 Å². The Labute approximate surface area is 98.5 Å². The molecule has 82 valence electrons. The fourth-order valence-corrected chi connectivity index (χ4v) is 1.71. The lowest BCUT2D eigenvalue weighted by Gasteiger charge is -2.10. The fraction of sp³-hybridized carbons (Fsp3) is 0.333. The van der Waals surface area contributed by atoms with Gasteiger partial charge in [-0.2, -0.15) is 0 Å². The van der Waals surface area contributed by atoms with E-state index in [4.69, 9.17) is 0 Å². The van der Waals surface area contributed by atoms with E-state index in [9.17, 15) is 4.39 Å². The maximum absolute atomic E-state index is 13.2. The number of hydrogen-bond donors (Lipinski definition) is 1. The highest BCUT2D eigenvalue weighted by Crippen LogP contribution is 2.23. The molecule has 0 atom stereocenters. The molecule has 0 amide bonds. The third-order valence-electron chi connectivity index (χ3n) is 2.13. The highest BCUT2D eigenvalue weighted by Gasteiger charge is 2.04. The molecule has 0 spiro atoms. The lowest BCUT2D eigenvalue weighted by atomic mass is 10.2. The van der Waals surface area contributed by atoms with E-state index in [1.54, 1.807) is 6.07 Å². The van der Waals surface area contributed by atoms with Crippen molar-refractivity contribution in [3.63, 3.8) is 0 Å². The average molecular weight is 272 g/mol. The van der Waals surface area contributed by atoms with Gasteiger partial charge in [-0.1, -0.05) is 5.57 Å². The highest BCUT2D eigenvalue weighted by atomic mass is 79.9. The monoisotopic (exact) mass is 271 g/mol. The first-order valence-corrected chi connectivity index (χ1v) is 5.64. The van der Waals surface area contributed by atoms with E-state index >= 15 is 0 Å². The van der Waals surface area contributed by atoms with Crippen LogP contribution in [0.15, 0.2) is 28.8 Å². The van der Waals surface area contributed by atoms with E-state index in [2.05, 4.69) is 27.8 Å². The van der Waals surface area contributed by atoms with Crippen LogP contribution >= 0.6 is 15.9 Å². The zero-order valence-corrected chi connectivity index (χ0v) is 10.6. The second-order valence-electron chi connectivity index (χ2n) is 3.72. The van der Waals surface area contributed by atoms with Gasteiger partial charge in [-0.15, -0.1) is 6.58 Å². The van der Waals surface area contributed by atoms with Gasteiger partial charge in [-0.25, -0.2) is 4.39 Å². The van der Waals surface area contributed by atoms with Crippen LogP contribution in [0.5, 0.6) is 0 Å². The fourth-order valence-electron chi connectivity index (χ4n) is 1.25. The molecule has 1 aromatic carbocycles. The summed E-state index contributed by atoms with van der Waals surface area (Å²) in [7, 11) is 0. The van der Waals surface area contributed by atoms with Crippen molar-refractivity contribution in [2.75, 3.05) is 11.9 Å². The normalized spacial score (nSPS) is 10.1. The number of halogens is 2. The van der Waals surface area contributed by atoms with E-state index in [0.29, 0.717) is 4.47 Å². The van der Waals surface area contributed by atoms with E-state index in [0.717, 1.165) is 29.8 Å². The van der Waals surface area contributed by atoms with Crippen molar-refractivity contribution >= 4 is 21.6 Å². The van der Waals surface area contributed by atoms with Crippen LogP contribution in [-0.4, -0.2) is 6.54 Å². The summed E-state index contributed by atoms with van der Waals surface area (Å²) in [5.41, 5.74) is 3.00. The van der Waals surface area contributed by atoms with Gasteiger partial charge in [0.1, 0.15) is 5.82 Å². The lowest BCUT2D eigenvalue weighted by Crippen LogP contribution is -2.03. The summed E-state index contributed by atoms with van der Waals surface area (Å²) < 4.78 is 13.7. The number of nitrogens with one attached hydrogen (secondary N) is 1. The van der Waals surface area contributed by atoms with Crippen molar-refractivity contribution < 1.29 is 4.39 Å². The summed E-state index contributed by atoms with van der Waals surface area (Å²) >= 11 is 3.15. The molecule has 1 nitrogen and oxygen atoms in total. The molecule has 0 fully saturated rings. The number of aryl methyl sites for hydroxylation is 1. The quantitative estimate of drug-likeness (QED) is 0.807. The summed E-state index contributed by atoms with van der Waals surface area (Å²) in [5.74, 6) is -0.238. The van der Waals surface area contributed by atoms with Gasteiger partial charge in [-0.3, -0.25) is 0 Å². The standard InChI is InChI=1S/C12H15BrFN/c1-8(2)4-5-15-12-7-11(14)10(13)6-9(12)3/h6-7,15H,1,4-5H2,2-3H3. The molecule has 0 aromatic heterocycles. The van der Waals surface area contributed by atoms with Crippen LogP contribution in [0.3, 0.4) is 0 Å². The highest BCUT2D eigenvalue weighted by molar-refractivity contribution is 9.10. The Hall–Kier alpha value is -0.830. The topological polar surface area (TPSA) is 12.0 Å². The zero-order chi connectivity index (χ0) is 11.4. The minimum atomic E-state index is -0.238. The number of benzene rings is 1. The van der Waals surface area contributed by atoms with Gasteiger partial charge < -0.3 is 5.32 Å². The molecule has 0 aliphatic carbocycles. The molecule has 0 bridgehead atoms. The third-order valence-corrected chi connectivity index (χ3v) is 2.74. The molecule has 1 N–H and O–H groups in total. The van der Waals surface area contributed by atoms with Crippen molar-refractivity contribution in [1.82, 2.24) is 0 Å². The molecule has 0 aliphatic heterocycles. The van der Waals surface area contributed by atoms with Gasteiger partial charge in [0.2, 0.25) is 0 Å². The Kier molecular flexibility index (Phi) is 4.33. The van der Waals surface area contributed by atoms with Gasteiger partial charge in [-0.05, 0) is 53.9 Å². The Morgan fingerprint density at radius 3 is 2.80 bits per heavy atom. The van der Waals surface area contributed by atoms with Crippen LogP contribution in [-0.2, 0) is 0 Å². The molecule has 0 unspecified atom stereocenters. The summed E-state index contributed by atoms with van der Waals surface area (Å²) in [5, 5.41) is 3.19. The Balaban J connectivity index is 2.69. The second kappa shape index (κ2) is 5.31. The number of anilines is 1. The number of rotatable bonds is 4. The SMILES string of the molecule is C=C(C)CCNc1cc(F)c(Br)cc1C. The first kappa shape index (κ1) is 12.2. The predicted octanol–water partition coefficient (Wildman–Crippen LogP) is 4.27. The smallest absolute Gasteiger partial charge is 0.139 e. The van der Waals surface area contributed by atoms with Gasteiger partial charge in [0, 0.05) is 12.2 Å². The molecule has 3 heteroatoms. The molecule has 1 aromatic rings. The first-order valence-electron chi connectivity index (χ1n) is 4.84. The minimum absolute atomic E-state index is 0.238. The summed E-state index contributed by atoms with van der Waals surface area (Å²) in [6.45, 7) is 8.54. The number of hydrogen-bond acceptors (Lipinski definition) is 1. The molecule has 0 heterocycles. The Morgan fingerprint density at radius 1 is 1.53 bits per heavy atom. The third kappa shape index (κ3) is 3.67. The zero-order valence-electron chi connectivity index (χ0n) is 9.03. The molecule has 0 saturated carbocycles. The lowest BCUT2D eigenvalue weighted by molar-refractivity contribution is 0.621. The Morgan fingerprint density at radius 2 is 2.20 bits per heavy atom. The van der Waals surface area contributed by atoms with E-state index < -0.39 is 0 Å². The van der Waals surface area contributed by atoms with E-state index in [-0.39, 0.29) is 5.82 Å². The van der Waals surface area contributed by atoms with Crippen LogP contribution in [0, 0.1) is 12.7 Å². The van der Waals surface area contributed by atoms with Crippen molar-refractivity contribution in [2.45, 2.75) is 20.3 Å². The van der Waals surface area contributed by atoms with Crippen LogP contribution in [0.2, 0.25) is 0 Å². The van der Waals surface area contributed by atoms with Gasteiger partial charge >= 0.3 is 0 Å². The molecular formula is C12H15BrFN. The Bertz CT molecular complexity index is 374. The first-order chi connectivity index (χ1) is 7.00. The summed E-state index contributed by atoms with van der Waals surface area (Å²) in [6.07, 6.45) is 0.900. The van der Waals surface area contributed by atoms with Crippen LogP contribution in [0.25, 0.3) is 0 Å². The summed E-state index contributed by atoms with van der Waals surface area (Å²) in [4.78, 5) is 0. The molecule has 0 saturated heterocycles. The van der Waals surface area contributed by atoms with Crippen molar-refractivity contribution in [2.24, 2.45) is 0 Å². The van der Waals surface area contributed by atoms with Crippen molar-refractivity contribution in [3.8, 4) is 0 Å². The largest absolute Gasteiger partial charge is 0.384 e. The van der Waals surface area contributed by atoms with Gasteiger partial charge in [0.05, 0.1) is 4.47 Å². The second-order valence-corrected chi connectivity index (χ2v) is 4.57. The van der Waals surface area contributed by atoms with E-state index in [1.165, 1.54) is 6.07 Å².